The molecule has 0 amide bonds. The van der Waals surface area contributed by atoms with Crippen LogP contribution in [0.15, 0.2) is 24.3 Å². The predicted octanol–water partition coefficient (Wildman–Crippen LogP) is 1.83. The Balaban J connectivity index is 2.36. The minimum Gasteiger partial charge on any atom is -0.368 e. The molecule has 0 radical (unpaired) electrons. The van der Waals surface area contributed by atoms with Gasteiger partial charge in [0.05, 0.1) is 4.92 Å². The van der Waals surface area contributed by atoms with Gasteiger partial charge < -0.3 is 11.1 Å². The number of nitrogens with zero attached hydrogens (tertiary/aromatic N) is 4. The minimum absolute atomic E-state index is 0.0699. The number of nitrogens with two attached hydrogens (primary N) is 1. The van der Waals surface area contributed by atoms with Crippen molar-refractivity contribution in [2.45, 2.75) is 13.8 Å². The van der Waals surface area contributed by atoms with Gasteiger partial charge in [-0.1, -0.05) is 26.0 Å². The van der Waals surface area contributed by atoms with Gasteiger partial charge in [-0.2, -0.15) is 9.67 Å². The summed E-state index contributed by atoms with van der Waals surface area (Å²) in [6.45, 7) is 4.80. The molecule has 2 rings (SSSR count). The Hall–Kier alpha value is -2.64. The molecule has 0 aliphatic rings. The van der Waals surface area contributed by atoms with Crippen molar-refractivity contribution in [1.29, 1.82) is 0 Å². The number of nitrogen functional groups attached to an aromatic ring is 1. The molecule has 1 aromatic carbocycles. The summed E-state index contributed by atoms with van der Waals surface area (Å²) >= 11 is 0. The number of benzene rings is 1. The molecule has 1 aromatic heterocycles. The van der Waals surface area contributed by atoms with E-state index in [1.807, 2.05) is 0 Å². The molecule has 0 saturated heterocycles. The number of aromatic nitrogens is 3. The lowest BCUT2D eigenvalue weighted by atomic mass is 10.2. The second-order valence-electron chi connectivity index (χ2n) is 4.73. The zero-order chi connectivity index (χ0) is 14.7. The fourth-order valence-electron chi connectivity index (χ4n) is 1.67. The number of nitrogens with one attached hydrogen (secondary N) is 1. The predicted molar refractivity (Wildman–Crippen MR) is 75.8 cm³/mol. The fraction of sp³-hybridized carbons (Fsp3) is 0.333. The Morgan fingerprint density at radius 3 is 2.80 bits per heavy atom. The maximum atomic E-state index is 11.0. The van der Waals surface area contributed by atoms with Crippen LogP contribution in [0.1, 0.15) is 13.8 Å². The van der Waals surface area contributed by atoms with Gasteiger partial charge in [-0.05, 0) is 12.0 Å². The number of rotatable bonds is 5. The molecule has 106 valence electrons. The quantitative estimate of drug-likeness (QED) is 0.636. The standard InChI is InChI=1S/C12H16N6O2/c1-8(2)7-14-12-15-11(13)17(16-12)9-5-3-4-6-10(9)18(19)20/h3-6,8H,7H2,1-2H3,(H3,13,14,15,16). The number of nitro benzene ring substituents is 1. The van der Waals surface area contributed by atoms with Crippen LogP contribution in [0.3, 0.4) is 0 Å². The molecule has 1 heterocycles. The molecule has 0 aliphatic heterocycles. The van der Waals surface area contributed by atoms with Crippen LogP contribution >= 0.6 is 0 Å². The monoisotopic (exact) mass is 276 g/mol. The van der Waals surface area contributed by atoms with Crippen molar-refractivity contribution < 1.29 is 4.92 Å². The van der Waals surface area contributed by atoms with E-state index in [9.17, 15) is 10.1 Å². The summed E-state index contributed by atoms with van der Waals surface area (Å²) in [5.41, 5.74) is 6.00. The van der Waals surface area contributed by atoms with E-state index < -0.39 is 4.92 Å². The van der Waals surface area contributed by atoms with Crippen LogP contribution in [-0.2, 0) is 0 Å². The molecule has 0 saturated carbocycles. The molecular weight excluding hydrogens is 260 g/mol. The molecule has 0 bridgehead atoms. The van der Waals surface area contributed by atoms with E-state index in [2.05, 4.69) is 29.2 Å². The smallest absolute Gasteiger partial charge is 0.295 e. The Kier molecular flexibility index (Phi) is 3.83. The van der Waals surface area contributed by atoms with Crippen LogP contribution in [0.4, 0.5) is 17.6 Å². The number of nitro groups is 1. The van der Waals surface area contributed by atoms with Gasteiger partial charge in [-0.15, -0.1) is 5.10 Å². The average Bonchev–Trinajstić information content (AvgIpc) is 2.77. The zero-order valence-corrected chi connectivity index (χ0v) is 11.3. The third kappa shape index (κ3) is 2.85. The van der Waals surface area contributed by atoms with Gasteiger partial charge >= 0.3 is 0 Å². The lowest BCUT2D eigenvalue weighted by Crippen LogP contribution is -2.09. The van der Waals surface area contributed by atoms with E-state index in [0.29, 0.717) is 24.1 Å². The summed E-state index contributed by atoms with van der Waals surface area (Å²) in [7, 11) is 0. The highest BCUT2D eigenvalue weighted by molar-refractivity contribution is 5.55. The third-order valence-corrected chi connectivity index (χ3v) is 2.61. The van der Waals surface area contributed by atoms with Crippen molar-refractivity contribution in [2.24, 2.45) is 5.92 Å². The van der Waals surface area contributed by atoms with Crippen LogP contribution in [-0.4, -0.2) is 26.2 Å². The second kappa shape index (κ2) is 5.55. The van der Waals surface area contributed by atoms with E-state index in [1.54, 1.807) is 18.2 Å². The molecule has 20 heavy (non-hydrogen) atoms. The van der Waals surface area contributed by atoms with Gasteiger partial charge in [0.15, 0.2) is 0 Å². The Morgan fingerprint density at radius 1 is 1.45 bits per heavy atom. The van der Waals surface area contributed by atoms with Crippen molar-refractivity contribution in [3.05, 3.63) is 34.4 Å². The fourth-order valence-corrected chi connectivity index (χ4v) is 1.67. The van der Waals surface area contributed by atoms with Crippen molar-refractivity contribution in [3.63, 3.8) is 0 Å². The zero-order valence-electron chi connectivity index (χ0n) is 11.3. The maximum Gasteiger partial charge on any atom is 0.295 e. The van der Waals surface area contributed by atoms with Crippen LogP contribution in [0, 0.1) is 16.0 Å². The van der Waals surface area contributed by atoms with E-state index in [0.717, 1.165) is 0 Å². The summed E-state index contributed by atoms with van der Waals surface area (Å²) in [5, 5.41) is 18.2. The highest BCUT2D eigenvalue weighted by Gasteiger charge is 2.18. The number of hydrogen-bond donors (Lipinski definition) is 2. The second-order valence-corrected chi connectivity index (χ2v) is 4.73. The number of hydrogen-bond acceptors (Lipinski definition) is 6. The van der Waals surface area contributed by atoms with Gasteiger partial charge in [0.2, 0.25) is 11.9 Å². The first-order valence-corrected chi connectivity index (χ1v) is 6.19. The van der Waals surface area contributed by atoms with E-state index in [1.165, 1.54) is 10.7 Å². The highest BCUT2D eigenvalue weighted by atomic mass is 16.6. The van der Waals surface area contributed by atoms with Gasteiger partial charge in [-0.25, -0.2) is 0 Å². The van der Waals surface area contributed by atoms with Gasteiger partial charge in [0.1, 0.15) is 5.69 Å². The first-order chi connectivity index (χ1) is 9.49. The summed E-state index contributed by atoms with van der Waals surface area (Å²) in [6, 6.07) is 6.25. The van der Waals surface area contributed by atoms with Crippen LogP contribution in [0.25, 0.3) is 5.69 Å². The third-order valence-electron chi connectivity index (χ3n) is 2.61. The lowest BCUT2D eigenvalue weighted by molar-refractivity contribution is -0.384. The largest absolute Gasteiger partial charge is 0.368 e. The molecule has 0 fully saturated rings. The summed E-state index contributed by atoms with van der Waals surface area (Å²) in [5.74, 6) is 0.883. The molecule has 0 unspecified atom stereocenters. The molecule has 8 heteroatoms. The van der Waals surface area contributed by atoms with Crippen LogP contribution in [0.5, 0.6) is 0 Å². The Bertz CT molecular complexity index is 622. The van der Waals surface area contributed by atoms with Gasteiger partial charge in [0, 0.05) is 12.6 Å². The van der Waals surface area contributed by atoms with Crippen molar-refractivity contribution in [2.75, 3.05) is 17.6 Å². The van der Waals surface area contributed by atoms with Crippen LogP contribution < -0.4 is 11.1 Å². The molecule has 3 N–H and O–H groups in total. The first kappa shape index (κ1) is 13.8. The van der Waals surface area contributed by atoms with E-state index in [-0.39, 0.29) is 11.6 Å². The maximum absolute atomic E-state index is 11.0. The Labute approximate surface area is 115 Å². The molecular formula is C12H16N6O2. The SMILES string of the molecule is CC(C)CNc1nc(N)n(-c2ccccc2[N+](=O)[O-])n1. The van der Waals surface area contributed by atoms with E-state index >= 15 is 0 Å². The van der Waals surface area contributed by atoms with Crippen molar-refractivity contribution >= 4 is 17.6 Å². The summed E-state index contributed by atoms with van der Waals surface area (Å²) in [4.78, 5) is 14.6. The molecule has 0 aliphatic carbocycles. The topological polar surface area (TPSA) is 112 Å². The molecule has 0 spiro atoms. The number of para-hydroxylation sites is 2. The van der Waals surface area contributed by atoms with Gasteiger partial charge in [-0.3, -0.25) is 10.1 Å². The normalized spacial score (nSPS) is 10.8. The minimum atomic E-state index is -0.475. The molecule has 8 nitrogen and oxygen atoms in total. The van der Waals surface area contributed by atoms with Crippen molar-refractivity contribution in [1.82, 2.24) is 14.8 Å². The summed E-state index contributed by atoms with van der Waals surface area (Å²) < 4.78 is 1.26. The molecule has 0 atom stereocenters. The highest BCUT2D eigenvalue weighted by Crippen LogP contribution is 2.24. The first-order valence-electron chi connectivity index (χ1n) is 6.19. The van der Waals surface area contributed by atoms with Crippen molar-refractivity contribution in [3.8, 4) is 5.69 Å². The Morgan fingerprint density at radius 2 is 2.15 bits per heavy atom. The average molecular weight is 276 g/mol. The van der Waals surface area contributed by atoms with Crippen LogP contribution in [0.2, 0.25) is 0 Å². The molecule has 2 aromatic rings. The van der Waals surface area contributed by atoms with E-state index in [4.69, 9.17) is 5.73 Å². The number of anilines is 2. The lowest BCUT2D eigenvalue weighted by Gasteiger charge is -2.04. The summed E-state index contributed by atoms with van der Waals surface area (Å²) in [6.07, 6.45) is 0. The van der Waals surface area contributed by atoms with Gasteiger partial charge in [0.25, 0.3) is 5.69 Å².